The average molecular weight is 219 g/mol. The van der Waals surface area contributed by atoms with Gasteiger partial charge in [-0.2, -0.15) is 4.98 Å². The van der Waals surface area contributed by atoms with E-state index in [4.69, 9.17) is 17.3 Å². The van der Waals surface area contributed by atoms with Crippen LogP contribution in [0.1, 0.15) is 6.92 Å². The number of nitrogens with two attached hydrogens (primary N) is 1. The molecule has 0 unspecified atom stereocenters. The highest BCUT2D eigenvalue weighted by Crippen LogP contribution is 2.11. The molecular weight excluding hydrogens is 211 g/mol. The zero-order valence-corrected chi connectivity index (χ0v) is 8.05. The molecule has 0 saturated carbocycles. The lowest BCUT2D eigenvalue weighted by Gasteiger charge is -2.06. The highest BCUT2D eigenvalue weighted by Gasteiger charge is 2.12. The summed E-state index contributed by atoms with van der Waals surface area (Å²) in [6, 6.07) is -0.747. The topological polar surface area (TPSA) is 80.9 Å². The quantitative estimate of drug-likeness (QED) is 0.711. The fourth-order valence-corrected chi connectivity index (χ4v) is 0.797. The van der Waals surface area contributed by atoms with Crippen molar-refractivity contribution in [2.75, 3.05) is 5.32 Å². The third-order valence-electron chi connectivity index (χ3n) is 1.37. The fraction of sp³-hybridized carbons (Fsp3) is 0.286. The van der Waals surface area contributed by atoms with E-state index in [1.807, 2.05) is 0 Å². The van der Waals surface area contributed by atoms with Gasteiger partial charge in [-0.3, -0.25) is 4.79 Å². The van der Waals surface area contributed by atoms with Gasteiger partial charge in [-0.05, 0) is 18.5 Å². The molecule has 1 aromatic heterocycles. The minimum absolute atomic E-state index is 0.147. The summed E-state index contributed by atoms with van der Waals surface area (Å²) >= 11 is 5.41. The van der Waals surface area contributed by atoms with E-state index in [-0.39, 0.29) is 11.1 Å². The first-order chi connectivity index (χ1) is 6.50. The largest absolute Gasteiger partial charge is 0.320 e. The first-order valence-electron chi connectivity index (χ1n) is 3.75. The summed E-state index contributed by atoms with van der Waals surface area (Å²) < 4.78 is 13.0. The van der Waals surface area contributed by atoms with E-state index in [9.17, 15) is 9.18 Å². The second kappa shape index (κ2) is 4.30. The van der Waals surface area contributed by atoms with Gasteiger partial charge in [-0.25, -0.2) is 9.37 Å². The third-order valence-corrected chi connectivity index (χ3v) is 1.55. The number of carbonyl (C=O) groups excluding carboxylic acids is 1. The molecule has 1 amide bonds. The molecule has 0 aromatic carbocycles. The monoisotopic (exact) mass is 218 g/mol. The molecule has 0 aliphatic carbocycles. The van der Waals surface area contributed by atoms with Crippen molar-refractivity contribution >= 4 is 23.3 Å². The van der Waals surface area contributed by atoms with E-state index in [0.717, 1.165) is 6.20 Å². The molecule has 0 radical (unpaired) electrons. The number of rotatable bonds is 2. The molecule has 0 aliphatic rings. The second-order valence-corrected chi connectivity index (χ2v) is 2.95. The number of aromatic nitrogens is 2. The number of carbonyl (C=O) groups is 1. The van der Waals surface area contributed by atoms with Crippen LogP contribution in [0.5, 0.6) is 0 Å². The first-order valence-corrected chi connectivity index (χ1v) is 4.13. The van der Waals surface area contributed by atoms with Gasteiger partial charge in [0.2, 0.25) is 11.2 Å². The SMILES string of the molecule is C[C@H](N)C(=O)Nc1nc(Cl)ncc1F. The summed E-state index contributed by atoms with van der Waals surface area (Å²) in [7, 11) is 0. The maximum Gasteiger partial charge on any atom is 0.242 e. The lowest BCUT2D eigenvalue weighted by Crippen LogP contribution is -2.33. The molecule has 0 bridgehead atoms. The van der Waals surface area contributed by atoms with Gasteiger partial charge >= 0.3 is 0 Å². The van der Waals surface area contributed by atoms with Crippen LogP contribution in [-0.2, 0) is 4.79 Å². The molecule has 0 fully saturated rings. The highest BCUT2D eigenvalue weighted by atomic mass is 35.5. The van der Waals surface area contributed by atoms with Gasteiger partial charge in [0.1, 0.15) is 0 Å². The number of amides is 1. The Bertz CT molecular complexity index is 358. The van der Waals surface area contributed by atoms with Crippen LogP contribution in [0.3, 0.4) is 0 Å². The molecule has 14 heavy (non-hydrogen) atoms. The Morgan fingerprint density at radius 1 is 1.79 bits per heavy atom. The predicted molar refractivity (Wildman–Crippen MR) is 49.3 cm³/mol. The lowest BCUT2D eigenvalue weighted by atomic mass is 10.3. The van der Waals surface area contributed by atoms with E-state index in [0.29, 0.717) is 0 Å². The lowest BCUT2D eigenvalue weighted by molar-refractivity contribution is -0.117. The van der Waals surface area contributed by atoms with Crippen LogP contribution in [0.4, 0.5) is 10.2 Å². The zero-order chi connectivity index (χ0) is 10.7. The molecule has 76 valence electrons. The van der Waals surface area contributed by atoms with Crippen molar-refractivity contribution in [1.29, 1.82) is 0 Å². The maximum absolute atomic E-state index is 13.0. The summed E-state index contributed by atoms with van der Waals surface area (Å²) in [5.74, 6) is -1.57. The molecule has 0 spiro atoms. The third kappa shape index (κ3) is 2.61. The number of hydrogen-bond acceptors (Lipinski definition) is 4. The Hall–Kier alpha value is -1.27. The van der Waals surface area contributed by atoms with E-state index >= 15 is 0 Å². The minimum Gasteiger partial charge on any atom is -0.320 e. The molecule has 5 nitrogen and oxygen atoms in total. The van der Waals surface area contributed by atoms with Crippen LogP contribution >= 0.6 is 11.6 Å². The Labute approximate surface area is 84.5 Å². The van der Waals surface area contributed by atoms with E-state index in [2.05, 4.69) is 15.3 Å². The highest BCUT2D eigenvalue weighted by molar-refractivity contribution is 6.28. The van der Waals surface area contributed by atoms with Gasteiger partial charge in [0.15, 0.2) is 11.6 Å². The summed E-state index contributed by atoms with van der Waals surface area (Å²) in [6.45, 7) is 1.47. The van der Waals surface area contributed by atoms with E-state index < -0.39 is 17.8 Å². The normalized spacial score (nSPS) is 12.3. The van der Waals surface area contributed by atoms with Crippen molar-refractivity contribution in [2.45, 2.75) is 13.0 Å². The van der Waals surface area contributed by atoms with Crippen molar-refractivity contribution in [1.82, 2.24) is 9.97 Å². The van der Waals surface area contributed by atoms with Crippen LogP contribution in [0.25, 0.3) is 0 Å². The fourth-order valence-electron chi connectivity index (χ4n) is 0.664. The van der Waals surface area contributed by atoms with Crippen molar-refractivity contribution in [2.24, 2.45) is 5.73 Å². The van der Waals surface area contributed by atoms with Crippen LogP contribution in [0, 0.1) is 5.82 Å². The van der Waals surface area contributed by atoms with Crippen LogP contribution in [-0.4, -0.2) is 21.9 Å². The molecule has 1 heterocycles. The predicted octanol–water partition coefficient (Wildman–Crippen LogP) is 0.555. The van der Waals surface area contributed by atoms with E-state index in [1.165, 1.54) is 6.92 Å². The Morgan fingerprint density at radius 2 is 2.43 bits per heavy atom. The Morgan fingerprint density at radius 3 is 3.00 bits per heavy atom. The van der Waals surface area contributed by atoms with Gasteiger partial charge in [-0.15, -0.1) is 0 Å². The maximum atomic E-state index is 13.0. The molecule has 1 aromatic rings. The molecule has 1 atom stereocenters. The molecule has 0 aliphatic heterocycles. The molecule has 1 rings (SSSR count). The van der Waals surface area contributed by atoms with Crippen LogP contribution in [0.2, 0.25) is 5.28 Å². The van der Waals surface area contributed by atoms with Gasteiger partial charge in [0.25, 0.3) is 0 Å². The van der Waals surface area contributed by atoms with Crippen LogP contribution < -0.4 is 11.1 Å². The standard InChI is InChI=1S/C7H8ClFN4O/c1-3(10)6(14)12-5-4(9)2-11-7(8)13-5/h2-3H,10H2,1H3,(H,11,12,13,14)/t3-/m0/s1. The minimum atomic E-state index is -0.761. The summed E-state index contributed by atoms with van der Waals surface area (Å²) in [6.07, 6.45) is 0.867. The van der Waals surface area contributed by atoms with Gasteiger partial charge in [0.05, 0.1) is 12.2 Å². The zero-order valence-electron chi connectivity index (χ0n) is 7.29. The van der Waals surface area contributed by atoms with Gasteiger partial charge < -0.3 is 11.1 Å². The van der Waals surface area contributed by atoms with Crippen molar-refractivity contribution < 1.29 is 9.18 Å². The summed E-state index contributed by atoms with van der Waals surface area (Å²) in [4.78, 5) is 17.9. The number of nitrogens with zero attached hydrogens (tertiary/aromatic N) is 2. The number of nitrogens with one attached hydrogen (secondary N) is 1. The Kier molecular flexibility index (Phi) is 3.32. The van der Waals surface area contributed by atoms with Gasteiger partial charge in [0, 0.05) is 0 Å². The van der Waals surface area contributed by atoms with Crippen molar-refractivity contribution in [3.63, 3.8) is 0 Å². The van der Waals surface area contributed by atoms with E-state index in [1.54, 1.807) is 0 Å². The first kappa shape index (κ1) is 10.8. The number of hydrogen-bond donors (Lipinski definition) is 2. The Balaban J connectivity index is 2.86. The molecule has 7 heteroatoms. The second-order valence-electron chi connectivity index (χ2n) is 2.61. The van der Waals surface area contributed by atoms with Crippen LogP contribution in [0.15, 0.2) is 6.20 Å². The number of halogens is 2. The van der Waals surface area contributed by atoms with Crippen molar-refractivity contribution in [3.05, 3.63) is 17.3 Å². The van der Waals surface area contributed by atoms with Crippen molar-refractivity contribution in [3.8, 4) is 0 Å². The average Bonchev–Trinajstić information content (AvgIpc) is 2.11. The summed E-state index contributed by atoms with van der Waals surface area (Å²) in [5.41, 5.74) is 5.26. The summed E-state index contributed by atoms with van der Waals surface area (Å²) in [5, 5.41) is 2.03. The molecule has 3 N–H and O–H groups in total. The number of anilines is 1. The molecule has 0 saturated heterocycles. The van der Waals surface area contributed by atoms with Gasteiger partial charge in [-0.1, -0.05) is 0 Å². The molecular formula is C7H8ClFN4O. The smallest absolute Gasteiger partial charge is 0.242 e.